The van der Waals surface area contributed by atoms with Gasteiger partial charge in [-0.15, -0.1) is 0 Å². The summed E-state index contributed by atoms with van der Waals surface area (Å²) in [7, 11) is 0. The molecular formula is C7H15NO. The summed E-state index contributed by atoms with van der Waals surface area (Å²) < 4.78 is 5.48. The first-order chi connectivity index (χ1) is 4.24. The van der Waals surface area contributed by atoms with Crippen molar-refractivity contribution >= 4 is 0 Å². The number of hydrogen-bond donors (Lipinski definition) is 1. The SMILES string of the molecule is CC(C)OC1CC1CN. The lowest BCUT2D eigenvalue weighted by molar-refractivity contribution is 0.0568. The second kappa shape index (κ2) is 2.67. The molecule has 0 aromatic carbocycles. The summed E-state index contributed by atoms with van der Waals surface area (Å²) >= 11 is 0. The molecule has 0 heterocycles. The number of rotatable bonds is 3. The standard InChI is InChI=1S/C7H15NO/c1-5(2)9-7-3-6(7)4-8/h5-7H,3-4,8H2,1-2H3. The van der Waals surface area contributed by atoms with Gasteiger partial charge in [-0.05, 0) is 32.7 Å². The molecule has 0 aliphatic heterocycles. The van der Waals surface area contributed by atoms with E-state index in [0.29, 0.717) is 18.1 Å². The lowest BCUT2D eigenvalue weighted by Gasteiger charge is -2.04. The van der Waals surface area contributed by atoms with Gasteiger partial charge in [-0.25, -0.2) is 0 Å². The molecule has 1 aliphatic rings. The molecular weight excluding hydrogens is 114 g/mol. The highest BCUT2D eigenvalue weighted by molar-refractivity contribution is 4.88. The first-order valence-corrected chi connectivity index (χ1v) is 3.59. The second-order valence-corrected chi connectivity index (χ2v) is 2.95. The molecule has 9 heavy (non-hydrogen) atoms. The zero-order chi connectivity index (χ0) is 6.85. The minimum Gasteiger partial charge on any atom is -0.375 e. The van der Waals surface area contributed by atoms with E-state index in [4.69, 9.17) is 10.5 Å². The van der Waals surface area contributed by atoms with Gasteiger partial charge in [0, 0.05) is 0 Å². The van der Waals surface area contributed by atoms with Crippen molar-refractivity contribution in [1.82, 2.24) is 0 Å². The van der Waals surface area contributed by atoms with E-state index in [1.54, 1.807) is 0 Å². The average Bonchev–Trinajstić information content (AvgIpc) is 2.45. The third kappa shape index (κ3) is 1.95. The summed E-state index contributed by atoms with van der Waals surface area (Å²) in [4.78, 5) is 0. The maximum Gasteiger partial charge on any atom is 0.0623 e. The summed E-state index contributed by atoms with van der Waals surface area (Å²) in [5.74, 6) is 0.660. The highest BCUT2D eigenvalue weighted by Crippen LogP contribution is 2.33. The first-order valence-electron chi connectivity index (χ1n) is 3.59. The van der Waals surface area contributed by atoms with Crippen LogP contribution in [0, 0.1) is 5.92 Å². The highest BCUT2D eigenvalue weighted by atomic mass is 16.5. The summed E-state index contributed by atoms with van der Waals surface area (Å²) in [6.45, 7) is 4.91. The molecule has 2 unspecified atom stereocenters. The molecule has 1 aliphatic carbocycles. The number of ether oxygens (including phenoxy) is 1. The maximum atomic E-state index is 5.48. The molecule has 0 aromatic rings. The molecule has 0 bridgehead atoms. The van der Waals surface area contributed by atoms with Crippen molar-refractivity contribution < 1.29 is 4.74 Å². The quantitative estimate of drug-likeness (QED) is 0.610. The van der Waals surface area contributed by atoms with E-state index in [1.165, 1.54) is 6.42 Å². The van der Waals surface area contributed by atoms with Gasteiger partial charge in [0.05, 0.1) is 12.2 Å². The third-order valence-corrected chi connectivity index (χ3v) is 1.61. The Balaban J connectivity index is 2.05. The molecule has 2 nitrogen and oxygen atoms in total. The fraction of sp³-hybridized carbons (Fsp3) is 1.00. The Labute approximate surface area is 56.4 Å². The normalized spacial score (nSPS) is 33.3. The topological polar surface area (TPSA) is 35.2 Å². The van der Waals surface area contributed by atoms with Crippen LogP contribution in [0.1, 0.15) is 20.3 Å². The fourth-order valence-corrected chi connectivity index (χ4v) is 0.984. The first kappa shape index (κ1) is 7.03. The fourth-order valence-electron chi connectivity index (χ4n) is 0.984. The van der Waals surface area contributed by atoms with E-state index in [9.17, 15) is 0 Å². The molecule has 0 spiro atoms. The van der Waals surface area contributed by atoms with Crippen molar-refractivity contribution in [3.63, 3.8) is 0 Å². The lowest BCUT2D eigenvalue weighted by Crippen LogP contribution is -2.10. The Morgan fingerprint density at radius 2 is 2.33 bits per heavy atom. The molecule has 2 N–H and O–H groups in total. The Hall–Kier alpha value is -0.0800. The third-order valence-electron chi connectivity index (χ3n) is 1.61. The van der Waals surface area contributed by atoms with Crippen molar-refractivity contribution in [2.75, 3.05) is 6.54 Å². The van der Waals surface area contributed by atoms with Gasteiger partial charge in [0.25, 0.3) is 0 Å². The molecule has 0 saturated heterocycles. The van der Waals surface area contributed by atoms with Crippen LogP contribution in [0.15, 0.2) is 0 Å². The van der Waals surface area contributed by atoms with Gasteiger partial charge in [-0.1, -0.05) is 0 Å². The van der Waals surface area contributed by atoms with E-state index in [-0.39, 0.29) is 0 Å². The molecule has 1 rings (SSSR count). The van der Waals surface area contributed by atoms with E-state index < -0.39 is 0 Å². The lowest BCUT2D eigenvalue weighted by atomic mass is 10.4. The van der Waals surface area contributed by atoms with Crippen LogP contribution in [-0.4, -0.2) is 18.8 Å². The summed E-state index contributed by atoms with van der Waals surface area (Å²) in [5, 5.41) is 0. The molecule has 0 amide bonds. The van der Waals surface area contributed by atoms with Crippen LogP contribution in [-0.2, 0) is 4.74 Å². The predicted octanol–water partition coefficient (Wildman–Crippen LogP) is 0.759. The Bertz CT molecular complexity index is 92.9. The van der Waals surface area contributed by atoms with Crippen LogP contribution < -0.4 is 5.73 Å². The minimum atomic E-state index is 0.367. The van der Waals surface area contributed by atoms with Gasteiger partial charge >= 0.3 is 0 Å². The van der Waals surface area contributed by atoms with Crippen molar-refractivity contribution in [2.45, 2.75) is 32.5 Å². The van der Waals surface area contributed by atoms with Gasteiger partial charge in [-0.3, -0.25) is 0 Å². The van der Waals surface area contributed by atoms with E-state index >= 15 is 0 Å². The van der Waals surface area contributed by atoms with Gasteiger partial charge in [0.15, 0.2) is 0 Å². The molecule has 2 atom stereocenters. The minimum absolute atomic E-state index is 0.367. The Kier molecular flexibility index (Phi) is 2.09. The van der Waals surface area contributed by atoms with Gasteiger partial charge in [0.1, 0.15) is 0 Å². The second-order valence-electron chi connectivity index (χ2n) is 2.95. The maximum absolute atomic E-state index is 5.48. The molecule has 54 valence electrons. The number of hydrogen-bond acceptors (Lipinski definition) is 2. The summed E-state index contributed by atoms with van der Waals surface area (Å²) in [6.07, 6.45) is 2.02. The predicted molar refractivity (Wildman–Crippen MR) is 37.2 cm³/mol. The Morgan fingerprint density at radius 3 is 2.67 bits per heavy atom. The van der Waals surface area contributed by atoms with Crippen molar-refractivity contribution in [3.05, 3.63) is 0 Å². The zero-order valence-electron chi connectivity index (χ0n) is 6.13. The van der Waals surface area contributed by atoms with Gasteiger partial charge in [-0.2, -0.15) is 0 Å². The van der Waals surface area contributed by atoms with Crippen LogP contribution in [0.5, 0.6) is 0 Å². The zero-order valence-corrected chi connectivity index (χ0v) is 6.13. The molecule has 2 heteroatoms. The molecule has 0 aromatic heterocycles. The van der Waals surface area contributed by atoms with Crippen LogP contribution in [0.3, 0.4) is 0 Å². The number of nitrogens with two attached hydrogens (primary N) is 1. The monoisotopic (exact) mass is 129 g/mol. The van der Waals surface area contributed by atoms with E-state index in [1.807, 2.05) is 0 Å². The Morgan fingerprint density at radius 1 is 1.67 bits per heavy atom. The largest absolute Gasteiger partial charge is 0.375 e. The summed E-state index contributed by atoms with van der Waals surface area (Å²) in [5.41, 5.74) is 5.42. The molecule has 1 fully saturated rings. The van der Waals surface area contributed by atoms with Gasteiger partial charge < -0.3 is 10.5 Å². The van der Waals surface area contributed by atoms with Crippen LogP contribution in [0.2, 0.25) is 0 Å². The molecule has 1 saturated carbocycles. The van der Waals surface area contributed by atoms with Gasteiger partial charge in [0.2, 0.25) is 0 Å². The van der Waals surface area contributed by atoms with Crippen molar-refractivity contribution in [1.29, 1.82) is 0 Å². The van der Waals surface area contributed by atoms with E-state index in [0.717, 1.165) is 6.54 Å². The van der Waals surface area contributed by atoms with Crippen molar-refractivity contribution in [3.8, 4) is 0 Å². The summed E-state index contributed by atoms with van der Waals surface area (Å²) in [6, 6.07) is 0. The smallest absolute Gasteiger partial charge is 0.0623 e. The van der Waals surface area contributed by atoms with Crippen LogP contribution in [0.25, 0.3) is 0 Å². The molecule has 0 radical (unpaired) electrons. The van der Waals surface area contributed by atoms with Crippen LogP contribution in [0.4, 0.5) is 0 Å². The van der Waals surface area contributed by atoms with Crippen LogP contribution >= 0.6 is 0 Å². The average molecular weight is 129 g/mol. The van der Waals surface area contributed by atoms with Crippen molar-refractivity contribution in [2.24, 2.45) is 11.7 Å². The van der Waals surface area contributed by atoms with E-state index in [2.05, 4.69) is 13.8 Å². The highest BCUT2D eigenvalue weighted by Gasteiger charge is 2.37.